The molecule has 0 fully saturated rings. The lowest BCUT2D eigenvalue weighted by Gasteiger charge is -2.06. The van der Waals surface area contributed by atoms with Gasteiger partial charge in [-0.3, -0.25) is 4.99 Å². The molecule has 0 spiro atoms. The summed E-state index contributed by atoms with van der Waals surface area (Å²) in [4.78, 5) is 4.37. The van der Waals surface area contributed by atoms with Crippen LogP contribution in [-0.4, -0.2) is 18.9 Å². The summed E-state index contributed by atoms with van der Waals surface area (Å²) in [5.41, 5.74) is 2.15. The van der Waals surface area contributed by atoms with Crippen LogP contribution in [0.15, 0.2) is 27.7 Å². The van der Waals surface area contributed by atoms with Crippen LogP contribution in [0, 0.1) is 0 Å². The molecule has 1 aromatic carbocycles. The number of nitrogens with zero attached hydrogens (tertiary/aromatic N) is 1. The molecule has 1 aliphatic heterocycles. The first kappa shape index (κ1) is 8.75. The highest BCUT2D eigenvalue weighted by Gasteiger charge is 2.10. The molecule has 13 heavy (non-hydrogen) atoms. The molecule has 0 unspecified atom stereocenters. The van der Waals surface area contributed by atoms with E-state index in [1.165, 1.54) is 0 Å². The zero-order valence-corrected chi connectivity index (χ0v) is 8.97. The third kappa shape index (κ3) is 1.75. The lowest BCUT2D eigenvalue weighted by Crippen LogP contribution is -1.99. The quantitative estimate of drug-likeness (QED) is 0.683. The van der Waals surface area contributed by atoms with Crippen molar-refractivity contribution in [3.05, 3.63) is 28.2 Å². The van der Waals surface area contributed by atoms with E-state index < -0.39 is 0 Å². The molecular weight excluding hydrogens is 230 g/mol. The van der Waals surface area contributed by atoms with Crippen LogP contribution in [0.3, 0.4) is 0 Å². The van der Waals surface area contributed by atoms with Gasteiger partial charge >= 0.3 is 0 Å². The van der Waals surface area contributed by atoms with Gasteiger partial charge in [0.1, 0.15) is 12.4 Å². The molecule has 0 atom stereocenters. The van der Waals surface area contributed by atoms with Crippen molar-refractivity contribution >= 4 is 21.6 Å². The van der Waals surface area contributed by atoms with Gasteiger partial charge in [0.05, 0.1) is 6.54 Å². The van der Waals surface area contributed by atoms with Crippen molar-refractivity contribution in [2.24, 2.45) is 4.99 Å². The molecule has 2 nitrogen and oxygen atoms in total. The maximum absolute atomic E-state index is 5.56. The van der Waals surface area contributed by atoms with Gasteiger partial charge in [-0.05, 0) is 25.1 Å². The molecule has 2 rings (SSSR count). The summed E-state index contributed by atoms with van der Waals surface area (Å²) in [7, 11) is 0. The van der Waals surface area contributed by atoms with Crippen LogP contribution in [0.2, 0.25) is 0 Å². The Morgan fingerprint density at radius 2 is 2.31 bits per heavy atom. The third-order valence-corrected chi connectivity index (χ3v) is 2.52. The van der Waals surface area contributed by atoms with Gasteiger partial charge in [-0.1, -0.05) is 15.9 Å². The molecule has 0 saturated carbocycles. The molecule has 0 aromatic heterocycles. The number of aliphatic imine (C=N–C) groups is 1. The number of rotatable bonds is 0. The average Bonchev–Trinajstić information content (AvgIpc) is 2.28. The highest BCUT2D eigenvalue weighted by Crippen LogP contribution is 2.25. The van der Waals surface area contributed by atoms with Crippen LogP contribution in [-0.2, 0) is 0 Å². The number of benzene rings is 1. The van der Waals surface area contributed by atoms with E-state index in [9.17, 15) is 0 Å². The summed E-state index contributed by atoms with van der Waals surface area (Å²) in [6.07, 6.45) is 0. The lowest BCUT2D eigenvalue weighted by molar-refractivity contribution is 0.331. The number of halogens is 1. The molecule has 1 aliphatic rings. The highest BCUT2D eigenvalue weighted by molar-refractivity contribution is 9.10. The van der Waals surface area contributed by atoms with E-state index in [2.05, 4.69) is 20.9 Å². The first-order chi connectivity index (χ1) is 6.27. The summed E-state index contributed by atoms with van der Waals surface area (Å²) in [6.45, 7) is 3.43. The zero-order valence-electron chi connectivity index (χ0n) is 7.38. The number of ether oxygens (including phenoxy) is 1. The maximum atomic E-state index is 5.56. The van der Waals surface area contributed by atoms with E-state index in [0.29, 0.717) is 6.61 Å². The number of hydrogen-bond donors (Lipinski definition) is 0. The Kier molecular flexibility index (Phi) is 2.36. The van der Waals surface area contributed by atoms with Crippen LogP contribution in [0.5, 0.6) is 5.75 Å². The minimum Gasteiger partial charge on any atom is -0.491 e. The Bertz CT molecular complexity index is 360. The highest BCUT2D eigenvalue weighted by atomic mass is 79.9. The minimum atomic E-state index is 0.667. The number of fused-ring (bicyclic) bond motifs is 1. The molecule has 0 radical (unpaired) electrons. The summed E-state index contributed by atoms with van der Waals surface area (Å²) in [5.74, 6) is 0.924. The third-order valence-electron chi connectivity index (χ3n) is 2.03. The van der Waals surface area contributed by atoms with Gasteiger partial charge < -0.3 is 4.74 Å². The lowest BCUT2D eigenvalue weighted by atomic mass is 10.1. The number of hydrogen-bond acceptors (Lipinski definition) is 2. The van der Waals surface area contributed by atoms with E-state index in [1.54, 1.807) is 0 Å². The van der Waals surface area contributed by atoms with Crippen molar-refractivity contribution in [3.8, 4) is 5.75 Å². The molecule has 68 valence electrons. The fourth-order valence-electron chi connectivity index (χ4n) is 1.37. The van der Waals surface area contributed by atoms with Crippen molar-refractivity contribution < 1.29 is 4.74 Å². The largest absolute Gasteiger partial charge is 0.491 e. The van der Waals surface area contributed by atoms with E-state index in [4.69, 9.17) is 4.74 Å². The van der Waals surface area contributed by atoms with Gasteiger partial charge in [0.2, 0.25) is 0 Å². The van der Waals surface area contributed by atoms with Crippen molar-refractivity contribution in [1.29, 1.82) is 0 Å². The molecule has 0 bridgehead atoms. The normalized spacial score (nSPS) is 15.4. The van der Waals surface area contributed by atoms with Crippen molar-refractivity contribution in [2.75, 3.05) is 13.2 Å². The fourth-order valence-corrected chi connectivity index (χ4v) is 1.71. The molecule has 0 saturated heterocycles. The first-order valence-corrected chi connectivity index (χ1v) is 5.00. The van der Waals surface area contributed by atoms with E-state index in [-0.39, 0.29) is 0 Å². The average molecular weight is 240 g/mol. The second kappa shape index (κ2) is 3.50. The Morgan fingerprint density at radius 1 is 1.46 bits per heavy atom. The Morgan fingerprint density at radius 3 is 3.15 bits per heavy atom. The van der Waals surface area contributed by atoms with Gasteiger partial charge in [-0.2, -0.15) is 0 Å². The smallest absolute Gasteiger partial charge is 0.129 e. The van der Waals surface area contributed by atoms with Gasteiger partial charge in [-0.15, -0.1) is 0 Å². The molecule has 1 heterocycles. The van der Waals surface area contributed by atoms with E-state index in [0.717, 1.165) is 28.0 Å². The molecule has 0 amide bonds. The Labute approximate surface area is 85.8 Å². The minimum absolute atomic E-state index is 0.667. The monoisotopic (exact) mass is 239 g/mol. The van der Waals surface area contributed by atoms with Gasteiger partial charge in [0.15, 0.2) is 0 Å². The predicted octanol–water partition coefficient (Wildman–Crippen LogP) is 2.65. The summed E-state index contributed by atoms with van der Waals surface area (Å²) < 4.78 is 6.60. The molecular formula is C10H10BrNO. The van der Waals surface area contributed by atoms with Gasteiger partial charge in [0.25, 0.3) is 0 Å². The maximum Gasteiger partial charge on any atom is 0.129 e. The van der Waals surface area contributed by atoms with Crippen LogP contribution in [0.1, 0.15) is 12.5 Å². The van der Waals surface area contributed by atoms with Crippen LogP contribution in [0.4, 0.5) is 0 Å². The van der Waals surface area contributed by atoms with Crippen molar-refractivity contribution in [3.63, 3.8) is 0 Å². The van der Waals surface area contributed by atoms with Crippen LogP contribution < -0.4 is 4.74 Å². The molecule has 3 heteroatoms. The molecule has 0 N–H and O–H groups in total. The van der Waals surface area contributed by atoms with Gasteiger partial charge in [0, 0.05) is 15.7 Å². The van der Waals surface area contributed by atoms with E-state index in [1.807, 2.05) is 25.1 Å². The standard InChI is InChI=1S/C10H10BrNO/c1-7-9-3-2-8(11)6-10(9)13-5-4-12-7/h2-3,6H,4-5H2,1H3. The Balaban J connectivity index is 2.52. The SMILES string of the molecule is CC1=NCCOc2cc(Br)ccc21. The summed E-state index contributed by atoms with van der Waals surface area (Å²) in [6, 6.07) is 6.02. The molecule has 0 aliphatic carbocycles. The Hall–Kier alpha value is -0.830. The molecule has 1 aromatic rings. The van der Waals surface area contributed by atoms with Crippen molar-refractivity contribution in [1.82, 2.24) is 0 Å². The second-order valence-electron chi connectivity index (χ2n) is 2.96. The van der Waals surface area contributed by atoms with Crippen LogP contribution in [0.25, 0.3) is 0 Å². The predicted molar refractivity (Wildman–Crippen MR) is 56.7 cm³/mol. The van der Waals surface area contributed by atoms with Crippen LogP contribution >= 0.6 is 15.9 Å². The van der Waals surface area contributed by atoms with Gasteiger partial charge in [-0.25, -0.2) is 0 Å². The second-order valence-corrected chi connectivity index (χ2v) is 3.87. The fraction of sp³-hybridized carbons (Fsp3) is 0.300. The van der Waals surface area contributed by atoms with E-state index >= 15 is 0 Å². The first-order valence-electron chi connectivity index (χ1n) is 4.21. The van der Waals surface area contributed by atoms with Crippen molar-refractivity contribution in [2.45, 2.75) is 6.92 Å². The topological polar surface area (TPSA) is 21.6 Å². The summed E-state index contributed by atoms with van der Waals surface area (Å²) in [5, 5.41) is 0. The zero-order chi connectivity index (χ0) is 9.26. The summed E-state index contributed by atoms with van der Waals surface area (Å²) >= 11 is 3.42.